The molecule has 1 fully saturated rings. The predicted octanol–water partition coefficient (Wildman–Crippen LogP) is 2.33. The van der Waals surface area contributed by atoms with Crippen molar-refractivity contribution in [2.75, 3.05) is 37.9 Å². The lowest BCUT2D eigenvalue weighted by Gasteiger charge is -2.30. The van der Waals surface area contributed by atoms with Crippen LogP contribution < -0.4 is 15.0 Å². The van der Waals surface area contributed by atoms with Crippen molar-refractivity contribution in [3.05, 3.63) is 47.5 Å². The quantitative estimate of drug-likeness (QED) is 0.894. The van der Waals surface area contributed by atoms with Gasteiger partial charge in [-0.15, -0.1) is 0 Å². The maximum atomic E-state index is 11.7. The molecule has 2 heterocycles. The summed E-state index contributed by atoms with van der Waals surface area (Å²) in [6.07, 6.45) is 0. The molecule has 25 heavy (non-hydrogen) atoms. The summed E-state index contributed by atoms with van der Waals surface area (Å²) in [6.45, 7) is 3.85. The van der Waals surface area contributed by atoms with Crippen molar-refractivity contribution in [3.8, 4) is 16.9 Å². The third-order valence-electron chi connectivity index (χ3n) is 4.62. The van der Waals surface area contributed by atoms with E-state index >= 15 is 0 Å². The molecule has 0 bridgehead atoms. The number of benzene rings is 2. The molecule has 0 saturated carbocycles. The van der Waals surface area contributed by atoms with E-state index < -0.39 is 5.97 Å². The minimum Gasteiger partial charge on any atom is -0.478 e. The highest BCUT2D eigenvalue weighted by Gasteiger charge is 2.21. The summed E-state index contributed by atoms with van der Waals surface area (Å²) < 4.78 is 11.2. The third kappa shape index (κ3) is 3.06. The number of rotatable bonds is 3. The molecule has 2 aromatic rings. The molecule has 1 saturated heterocycles. The molecule has 2 N–H and O–H groups in total. The van der Waals surface area contributed by atoms with Gasteiger partial charge in [0.1, 0.15) is 12.5 Å². The van der Waals surface area contributed by atoms with E-state index in [0.29, 0.717) is 38.6 Å². The van der Waals surface area contributed by atoms with Gasteiger partial charge in [0.2, 0.25) is 0 Å². The first-order valence-corrected chi connectivity index (χ1v) is 8.40. The number of aromatic carboxylic acids is 1. The Labute approximate surface area is 146 Å². The zero-order valence-electron chi connectivity index (χ0n) is 13.8. The highest BCUT2D eigenvalue weighted by atomic mass is 16.5. The Morgan fingerprint density at radius 1 is 1.16 bits per heavy atom. The molecule has 0 amide bonds. The number of nitrogens with zero attached hydrogens (tertiary/aromatic N) is 1. The van der Waals surface area contributed by atoms with Crippen LogP contribution in [0.25, 0.3) is 11.1 Å². The minimum absolute atomic E-state index is 0.318. The molecule has 2 aromatic carbocycles. The van der Waals surface area contributed by atoms with Crippen molar-refractivity contribution in [1.29, 1.82) is 0 Å². The SMILES string of the molecule is O=C(O)c1ccc(-c2cccc3c2OCNC3)cc1N1CCOCC1. The minimum atomic E-state index is -0.913. The molecule has 0 unspecified atom stereocenters. The van der Waals surface area contributed by atoms with Crippen molar-refractivity contribution >= 4 is 11.7 Å². The Morgan fingerprint density at radius 2 is 2.00 bits per heavy atom. The lowest BCUT2D eigenvalue weighted by molar-refractivity contribution is 0.0696. The third-order valence-corrected chi connectivity index (χ3v) is 4.62. The maximum absolute atomic E-state index is 11.7. The van der Waals surface area contributed by atoms with Crippen molar-refractivity contribution in [2.24, 2.45) is 0 Å². The summed E-state index contributed by atoms with van der Waals surface area (Å²) in [5, 5.41) is 12.7. The van der Waals surface area contributed by atoms with Crippen molar-refractivity contribution in [3.63, 3.8) is 0 Å². The second-order valence-electron chi connectivity index (χ2n) is 6.15. The Bertz CT molecular complexity index is 800. The summed E-state index contributed by atoms with van der Waals surface area (Å²) >= 11 is 0. The summed E-state index contributed by atoms with van der Waals surface area (Å²) in [6, 6.07) is 11.6. The average molecular weight is 340 g/mol. The van der Waals surface area contributed by atoms with E-state index in [1.165, 1.54) is 0 Å². The van der Waals surface area contributed by atoms with E-state index in [-0.39, 0.29) is 0 Å². The van der Waals surface area contributed by atoms with Crippen LogP contribution >= 0.6 is 0 Å². The van der Waals surface area contributed by atoms with Gasteiger partial charge in [-0.2, -0.15) is 0 Å². The molecule has 0 aliphatic carbocycles. The Hall–Kier alpha value is -2.57. The van der Waals surface area contributed by atoms with Crippen molar-refractivity contribution < 1.29 is 19.4 Å². The van der Waals surface area contributed by atoms with E-state index in [4.69, 9.17) is 9.47 Å². The number of anilines is 1. The number of carboxylic acid groups (broad SMARTS) is 1. The lowest BCUT2D eigenvalue weighted by atomic mass is 9.98. The van der Waals surface area contributed by atoms with E-state index in [0.717, 1.165) is 34.7 Å². The fourth-order valence-electron chi connectivity index (χ4n) is 3.38. The summed E-state index contributed by atoms with van der Waals surface area (Å²) in [5.74, 6) is -0.0409. The molecule has 4 rings (SSSR count). The number of para-hydroxylation sites is 1. The molecule has 0 radical (unpaired) electrons. The fraction of sp³-hybridized carbons (Fsp3) is 0.316. The maximum Gasteiger partial charge on any atom is 0.337 e. The van der Waals surface area contributed by atoms with Crippen LogP contribution in [0.4, 0.5) is 5.69 Å². The van der Waals surface area contributed by atoms with Gasteiger partial charge in [0, 0.05) is 30.8 Å². The average Bonchev–Trinajstić information content (AvgIpc) is 2.67. The van der Waals surface area contributed by atoms with Gasteiger partial charge in [-0.25, -0.2) is 4.79 Å². The predicted molar refractivity (Wildman–Crippen MR) is 94.2 cm³/mol. The van der Waals surface area contributed by atoms with Crippen LogP contribution in [0.1, 0.15) is 15.9 Å². The van der Waals surface area contributed by atoms with Gasteiger partial charge in [0.15, 0.2) is 0 Å². The molecular weight excluding hydrogens is 320 g/mol. The van der Waals surface area contributed by atoms with Gasteiger partial charge in [0.25, 0.3) is 0 Å². The monoisotopic (exact) mass is 340 g/mol. The molecule has 2 aliphatic heterocycles. The Morgan fingerprint density at radius 3 is 2.80 bits per heavy atom. The first kappa shape index (κ1) is 15.9. The van der Waals surface area contributed by atoms with Crippen LogP contribution in [0.3, 0.4) is 0 Å². The molecule has 0 aromatic heterocycles. The van der Waals surface area contributed by atoms with Crippen LogP contribution in [0, 0.1) is 0 Å². The standard InChI is InChI=1S/C19H20N2O4/c22-19(23)16-5-4-13(10-17(16)21-6-8-24-9-7-21)15-3-1-2-14-11-20-12-25-18(14)15/h1-5,10,20H,6-9,11-12H2,(H,22,23). The second kappa shape index (κ2) is 6.74. The lowest BCUT2D eigenvalue weighted by Crippen LogP contribution is -2.37. The molecule has 2 aliphatic rings. The molecule has 130 valence electrons. The number of carbonyl (C=O) groups is 1. The molecular formula is C19H20N2O4. The number of fused-ring (bicyclic) bond motifs is 1. The van der Waals surface area contributed by atoms with Gasteiger partial charge >= 0.3 is 5.97 Å². The Kier molecular flexibility index (Phi) is 4.29. The zero-order chi connectivity index (χ0) is 17.2. The highest BCUT2D eigenvalue weighted by molar-refractivity contribution is 5.96. The van der Waals surface area contributed by atoms with Gasteiger partial charge in [-0.1, -0.05) is 24.3 Å². The van der Waals surface area contributed by atoms with E-state index in [9.17, 15) is 9.90 Å². The number of hydrogen-bond acceptors (Lipinski definition) is 5. The first-order valence-electron chi connectivity index (χ1n) is 8.40. The van der Waals surface area contributed by atoms with Crippen LogP contribution in [0.15, 0.2) is 36.4 Å². The normalized spacial score (nSPS) is 16.9. The summed E-state index contributed by atoms with van der Waals surface area (Å²) in [5.41, 5.74) is 4.12. The molecule has 6 heteroatoms. The smallest absolute Gasteiger partial charge is 0.337 e. The van der Waals surface area contributed by atoms with Crippen LogP contribution in [0.2, 0.25) is 0 Å². The van der Waals surface area contributed by atoms with Crippen molar-refractivity contribution in [2.45, 2.75) is 6.54 Å². The number of carboxylic acids is 1. The van der Waals surface area contributed by atoms with Gasteiger partial charge < -0.3 is 19.5 Å². The number of ether oxygens (including phenoxy) is 2. The van der Waals surface area contributed by atoms with E-state index in [2.05, 4.69) is 10.2 Å². The van der Waals surface area contributed by atoms with Crippen LogP contribution in [-0.4, -0.2) is 44.1 Å². The molecule has 6 nitrogen and oxygen atoms in total. The van der Waals surface area contributed by atoms with Gasteiger partial charge in [-0.05, 0) is 17.7 Å². The molecule has 0 spiro atoms. The van der Waals surface area contributed by atoms with E-state index in [1.54, 1.807) is 6.07 Å². The fourth-order valence-corrected chi connectivity index (χ4v) is 3.38. The van der Waals surface area contributed by atoms with Crippen LogP contribution in [0.5, 0.6) is 5.75 Å². The zero-order valence-corrected chi connectivity index (χ0v) is 13.8. The van der Waals surface area contributed by atoms with Gasteiger partial charge in [0.05, 0.1) is 24.5 Å². The van der Waals surface area contributed by atoms with Crippen molar-refractivity contribution in [1.82, 2.24) is 5.32 Å². The number of hydrogen-bond donors (Lipinski definition) is 2. The summed E-state index contributed by atoms with van der Waals surface area (Å²) in [7, 11) is 0. The second-order valence-corrected chi connectivity index (χ2v) is 6.15. The first-order chi connectivity index (χ1) is 12.2. The highest BCUT2D eigenvalue weighted by Crippen LogP contribution is 2.37. The summed E-state index contributed by atoms with van der Waals surface area (Å²) in [4.78, 5) is 13.7. The largest absolute Gasteiger partial charge is 0.478 e. The topological polar surface area (TPSA) is 71.0 Å². The van der Waals surface area contributed by atoms with Crippen LogP contribution in [-0.2, 0) is 11.3 Å². The van der Waals surface area contributed by atoms with Gasteiger partial charge in [-0.3, -0.25) is 5.32 Å². The number of nitrogens with one attached hydrogen (secondary N) is 1. The van der Waals surface area contributed by atoms with E-state index in [1.807, 2.05) is 30.3 Å². The Balaban J connectivity index is 1.80. The molecule has 0 atom stereocenters. The number of morpholine rings is 1.